The molecule has 0 saturated heterocycles. The molecule has 0 aromatic heterocycles. The number of esters is 1. The van der Waals surface area contributed by atoms with Crippen molar-refractivity contribution in [1.82, 2.24) is 0 Å². The van der Waals surface area contributed by atoms with Crippen molar-refractivity contribution in [3.05, 3.63) is 12.2 Å². The molecule has 0 amide bonds. The lowest BCUT2D eigenvalue weighted by atomic mass is 10.4. The van der Waals surface area contributed by atoms with E-state index >= 15 is 0 Å². The highest BCUT2D eigenvalue weighted by molar-refractivity contribution is 7.74. The minimum Gasteiger partial charge on any atom is -0.750 e. The van der Waals surface area contributed by atoms with Crippen molar-refractivity contribution in [3.63, 3.8) is 0 Å². The van der Waals surface area contributed by atoms with Crippen molar-refractivity contribution in [2.24, 2.45) is 0 Å². The lowest BCUT2D eigenvalue weighted by molar-refractivity contribution is -0.298. The molecule has 0 aliphatic carbocycles. The van der Waals surface area contributed by atoms with Gasteiger partial charge in [0, 0.05) is 12.5 Å². The van der Waals surface area contributed by atoms with Crippen LogP contribution >= 0.6 is 0 Å². The van der Waals surface area contributed by atoms with Crippen molar-refractivity contribution in [3.8, 4) is 0 Å². The lowest BCUT2D eigenvalue weighted by Crippen LogP contribution is -2.37. The van der Waals surface area contributed by atoms with Crippen LogP contribution in [0, 0.1) is 0 Å². The van der Waals surface area contributed by atoms with E-state index < -0.39 is 23.3 Å². The first-order valence-corrected chi connectivity index (χ1v) is 4.80. The SMILES string of the molecule is CC=CC(=O)OC(O)(CC)OS(=O)[O-]. The molecule has 6 nitrogen and oxygen atoms in total. The summed E-state index contributed by atoms with van der Waals surface area (Å²) in [5, 5.41) is 9.30. The molecular formula is C7H11O6S-. The highest BCUT2D eigenvalue weighted by Gasteiger charge is 2.31. The Morgan fingerprint density at radius 2 is 2.29 bits per heavy atom. The van der Waals surface area contributed by atoms with E-state index in [1.54, 1.807) is 6.92 Å². The number of carbonyl (C=O) groups excluding carboxylic acids is 1. The Balaban J connectivity index is 4.38. The maximum Gasteiger partial charge on any atom is 0.338 e. The van der Waals surface area contributed by atoms with Crippen molar-refractivity contribution >= 4 is 17.3 Å². The van der Waals surface area contributed by atoms with Gasteiger partial charge in [-0.2, -0.15) is 0 Å². The zero-order valence-corrected chi connectivity index (χ0v) is 8.58. The van der Waals surface area contributed by atoms with Crippen molar-refractivity contribution in [2.75, 3.05) is 0 Å². The molecule has 0 aromatic carbocycles. The first-order chi connectivity index (χ1) is 6.43. The second-order valence-corrected chi connectivity index (χ2v) is 2.85. The molecule has 0 spiro atoms. The molecule has 0 saturated carbocycles. The first-order valence-electron chi connectivity index (χ1n) is 3.80. The number of hydrogen-bond acceptors (Lipinski definition) is 6. The summed E-state index contributed by atoms with van der Waals surface area (Å²) in [5.74, 6) is -3.31. The van der Waals surface area contributed by atoms with Crippen LogP contribution in [-0.2, 0) is 25.1 Å². The standard InChI is InChI=1S/C7H12O6S/c1-3-5-6(8)12-7(9,4-2)13-14(10)11/h3,5,9H,4H2,1-2H3,(H,10,11)/p-1. The van der Waals surface area contributed by atoms with E-state index in [4.69, 9.17) is 0 Å². The number of aliphatic hydroxyl groups is 1. The molecule has 0 rings (SSSR count). The van der Waals surface area contributed by atoms with Crippen molar-refractivity contribution in [1.29, 1.82) is 0 Å². The van der Waals surface area contributed by atoms with Gasteiger partial charge >= 0.3 is 11.9 Å². The largest absolute Gasteiger partial charge is 0.750 e. The highest BCUT2D eigenvalue weighted by Crippen LogP contribution is 2.15. The first kappa shape index (κ1) is 13.2. The molecule has 2 unspecified atom stereocenters. The molecule has 0 aromatic rings. The van der Waals surface area contributed by atoms with Gasteiger partial charge in [0.25, 0.3) is 0 Å². The average molecular weight is 223 g/mol. The maximum atomic E-state index is 10.8. The van der Waals surface area contributed by atoms with Gasteiger partial charge in [0.2, 0.25) is 0 Å². The van der Waals surface area contributed by atoms with Gasteiger partial charge in [0.15, 0.2) is 0 Å². The zero-order valence-electron chi connectivity index (χ0n) is 7.76. The number of allylic oxidation sites excluding steroid dienone is 1. The Labute approximate surface area is 84.0 Å². The monoisotopic (exact) mass is 223 g/mol. The Morgan fingerprint density at radius 1 is 1.71 bits per heavy atom. The minimum absolute atomic E-state index is 0.204. The normalized spacial score (nSPS) is 17.7. The summed E-state index contributed by atoms with van der Waals surface area (Å²) < 4.78 is 28.6. The quantitative estimate of drug-likeness (QED) is 0.304. The second-order valence-electron chi connectivity index (χ2n) is 2.27. The van der Waals surface area contributed by atoms with E-state index in [1.807, 2.05) is 0 Å². The predicted octanol–water partition coefficient (Wildman–Crippen LogP) is -0.0275. The van der Waals surface area contributed by atoms with Crippen LogP contribution in [0.15, 0.2) is 12.2 Å². The van der Waals surface area contributed by atoms with Gasteiger partial charge < -0.3 is 14.4 Å². The fourth-order valence-corrected chi connectivity index (χ4v) is 0.946. The Bertz CT molecular complexity index is 251. The van der Waals surface area contributed by atoms with Gasteiger partial charge in [-0.25, -0.2) is 13.2 Å². The second kappa shape index (κ2) is 5.86. The third-order valence-electron chi connectivity index (χ3n) is 1.21. The Morgan fingerprint density at radius 3 is 2.64 bits per heavy atom. The van der Waals surface area contributed by atoms with E-state index in [2.05, 4.69) is 8.92 Å². The van der Waals surface area contributed by atoms with Crippen LogP contribution in [0.3, 0.4) is 0 Å². The fraction of sp³-hybridized carbons (Fsp3) is 0.571. The molecule has 1 N–H and O–H groups in total. The smallest absolute Gasteiger partial charge is 0.338 e. The number of carbonyl (C=O) groups is 1. The van der Waals surface area contributed by atoms with Gasteiger partial charge in [0.05, 0.1) is 11.4 Å². The molecule has 0 fully saturated rings. The van der Waals surface area contributed by atoms with E-state index in [1.165, 1.54) is 13.0 Å². The summed E-state index contributed by atoms with van der Waals surface area (Å²) in [6.07, 6.45) is 2.20. The van der Waals surface area contributed by atoms with E-state index in [0.29, 0.717) is 0 Å². The van der Waals surface area contributed by atoms with Crippen LogP contribution in [0.25, 0.3) is 0 Å². The van der Waals surface area contributed by atoms with Gasteiger partial charge in [-0.3, -0.25) is 0 Å². The number of ether oxygens (including phenoxy) is 1. The van der Waals surface area contributed by atoms with Gasteiger partial charge in [-0.05, 0) is 6.92 Å². The van der Waals surface area contributed by atoms with Crippen LogP contribution in [-0.4, -0.2) is 25.8 Å². The third-order valence-corrected chi connectivity index (χ3v) is 1.60. The molecule has 7 heteroatoms. The summed E-state index contributed by atoms with van der Waals surface area (Å²) in [6.45, 7) is 2.97. The topological polar surface area (TPSA) is 95.9 Å². The van der Waals surface area contributed by atoms with Crippen molar-refractivity contribution < 1.29 is 27.6 Å². The molecule has 0 heterocycles. The minimum atomic E-state index is -2.96. The lowest BCUT2D eigenvalue weighted by Gasteiger charge is -2.25. The van der Waals surface area contributed by atoms with E-state index in [-0.39, 0.29) is 6.42 Å². The van der Waals surface area contributed by atoms with Gasteiger partial charge in [-0.1, -0.05) is 13.0 Å². The van der Waals surface area contributed by atoms with Crippen LogP contribution < -0.4 is 0 Å². The highest BCUT2D eigenvalue weighted by atomic mass is 32.2. The summed E-state index contributed by atoms with van der Waals surface area (Å²) in [4.78, 5) is 10.8. The molecule has 0 aliphatic heterocycles. The molecule has 14 heavy (non-hydrogen) atoms. The summed E-state index contributed by atoms with van der Waals surface area (Å²) in [6, 6.07) is 0. The number of hydrogen-bond donors (Lipinski definition) is 1. The molecule has 0 aliphatic rings. The van der Waals surface area contributed by atoms with E-state index in [0.717, 1.165) is 6.08 Å². The molecule has 0 radical (unpaired) electrons. The Kier molecular flexibility index (Phi) is 5.55. The zero-order chi connectivity index (χ0) is 11.2. The predicted molar refractivity (Wildman–Crippen MR) is 46.2 cm³/mol. The molecule has 82 valence electrons. The molecule has 0 bridgehead atoms. The Hall–Kier alpha value is -0.760. The van der Waals surface area contributed by atoms with Crippen LogP contribution in [0.2, 0.25) is 0 Å². The van der Waals surface area contributed by atoms with E-state index in [9.17, 15) is 18.7 Å². The van der Waals surface area contributed by atoms with Crippen molar-refractivity contribution in [2.45, 2.75) is 26.2 Å². The number of rotatable bonds is 5. The average Bonchev–Trinajstić information content (AvgIpc) is 2.02. The maximum absolute atomic E-state index is 10.8. The van der Waals surface area contributed by atoms with Crippen LogP contribution in [0.4, 0.5) is 0 Å². The summed E-state index contributed by atoms with van der Waals surface area (Å²) >= 11 is -2.96. The van der Waals surface area contributed by atoms with Crippen LogP contribution in [0.5, 0.6) is 0 Å². The van der Waals surface area contributed by atoms with Gasteiger partial charge in [0.1, 0.15) is 0 Å². The molecule has 2 atom stereocenters. The van der Waals surface area contributed by atoms with Gasteiger partial charge in [-0.15, -0.1) is 0 Å². The summed E-state index contributed by atoms with van der Waals surface area (Å²) in [5.41, 5.74) is 0. The van der Waals surface area contributed by atoms with Crippen LogP contribution in [0.1, 0.15) is 20.3 Å². The summed E-state index contributed by atoms with van der Waals surface area (Å²) in [7, 11) is 0. The third kappa shape index (κ3) is 5.07. The molecular weight excluding hydrogens is 212 g/mol. The fourth-order valence-electron chi connectivity index (χ4n) is 0.582.